The first-order valence-corrected chi connectivity index (χ1v) is 5.74. The third-order valence-electron chi connectivity index (χ3n) is 2.59. The average Bonchev–Trinajstić information content (AvgIpc) is 2.46. The first kappa shape index (κ1) is 13.5. The fourth-order valence-corrected chi connectivity index (χ4v) is 1.58. The zero-order valence-corrected chi connectivity index (χ0v) is 10.3. The molecule has 7 nitrogen and oxygen atoms in total. The molecule has 20 heavy (non-hydrogen) atoms. The number of benzene rings is 1. The second-order valence-electron chi connectivity index (χ2n) is 3.99. The SMILES string of the molecule is O=C(O)c1cccc(NCc2ccc([N+](=O)[O-])cc2)n1. The summed E-state index contributed by atoms with van der Waals surface area (Å²) < 4.78 is 0. The molecular formula is C13H11N3O4. The van der Waals surface area contributed by atoms with Crippen LogP contribution < -0.4 is 5.32 Å². The van der Waals surface area contributed by atoms with Gasteiger partial charge in [-0.15, -0.1) is 0 Å². The van der Waals surface area contributed by atoms with Gasteiger partial charge in [0.25, 0.3) is 5.69 Å². The lowest BCUT2D eigenvalue weighted by Crippen LogP contribution is -2.05. The van der Waals surface area contributed by atoms with Crippen LogP contribution in [0.25, 0.3) is 0 Å². The van der Waals surface area contributed by atoms with Gasteiger partial charge in [0, 0.05) is 18.7 Å². The molecule has 0 saturated heterocycles. The number of anilines is 1. The predicted octanol–water partition coefficient (Wildman–Crippen LogP) is 2.30. The van der Waals surface area contributed by atoms with Gasteiger partial charge < -0.3 is 10.4 Å². The summed E-state index contributed by atoms with van der Waals surface area (Å²) in [5, 5.41) is 22.3. The van der Waals surface area contributed by atoms with Gasteiger partial charge in [0.1, 0.15) is 5.82 Å². The minimum absolute atomic E-state index is 0.0275. The maximum atomic E-state index is 10.8. The second-order valence-corrected chi connectivity index (χ2v) is 3.99. The van der Waals surface area contributed by atoms with Crippen molar-refractivity contribution in [1.29, 1.82) is 0 Å². The van der Waals surface area contributed by atoms with Crippen LogP contribution in [0.4, 0.5) is 11.5 Å². The summed E-state index contributed by atoms with van der Waals surface area (Å²) in [7, 11) is 0. The third kappa shape index (κ3) is 3.29. The number of hydrogen-bond acceptors (Lipinski definition) is 5. The summed E-state index contributed by atoms with van der Waals surface area (Å²) in [5.74, 6) is -0.660. The minimum atomic E-state index is -1.09. The zero-order valence-electron chi connectivity index (χ0n) is 10.3. The minimum Gasteiger partial charge on any atom is -0.477 e. The van der Waals surface area contributed by atoms with E-state index in [1.54, 1.807) is 24.3 Å². The predicted molar refractivity (Wildman–Crippen MR) is 71.6 cm³/mol. The Balaban J connectivity index is 2.03. The molecule has 0 unspecified atom stereocenters. The number of nitrogens with zero attached hydrogens (tertiary/aromatic N) is 2. The van der Waals surface area contributed by atoms with E-state index in [-0.39, 0.29) is 11.4 Å². The van der Waals surface area contributed by atoms with Gasteiger partial charge in [-0.25, -0.2) is 9.78 Å². The lowest BCUT2D eigenvalue weighted by atomic mass is 10.2. The van der Waals surface area contributed by atoms with E-state index >= 15 is 0 Å². The van der Waals surface area contributed by atoms with Crippen molar-refractivity contribution in [3.05, 3.63) is 63.8 Å². The van der Waals surface area contributed by atoms with Gasteiger partial charge in [0.15, 0.2) is 5.69 Å². The number of rotatable bonds is 5. The Morgan fingerprint density at radius 3 is 2.55 bits per heavy atom. The number of pyridine rings is 1. The highest BCUT2D eigenvalue weighted by Gasteiger charge is 2.06. The van der Waals surface area contributed by atoms with Crippen molar-refractivity contribution in [3.63, 3.8) is 0 Å². The Labute approximate surface area is 114 Å². The van der Waals surface area contributed by atoms with Gasteiger partial charge in [-0.05, 0) is 17.7 Å². The van der Waals surface area contributed by atoms with Crippen LogP contribution in [0.2, 0.25) is 0 Å². The van der Waals surface area contributed by atoms with Crippen molar-refractivity contribution in [2.45, 2.75) is 6.54 Å². The van der Waals surface area contributed by atoms with Gasteiger partial charge in [-0.3, -0.25) is 10.1 Å². The molecule has 2 N–H and O–H groups in total. The Hall–Kier alpha value is -2.96. The van der Waals surface area contributed by atoms with Crippen LogP contribution in [0.3, 0.4) is 0 Å². The molecule has 2 aromatic rings. The molecule has 1 heterocycles. The molecule has 0 amide bonds. The summed E-state index contributed by atoms with van der Waals surface area (Å²) in [6.07, 6.45) is 0. The van der Waals surface area contributed by atoms with Crippen molar-refractivity contribution < 1.29 is 14.8 Å². The van der Waals surface area contributed by atoms with Crippen LogP contribution in [0.15, 0.2) is 42.5 Å². The van der Waals surface area contributed by atoms with E-state index in [1.165, 1.54) is 18.2 Å². The molecule has 102 valence electrons. The van der Waals surface area contributed by atoms with Crippen LogP contribution in [0.5, 0.6) is 0 Å². The van der Waals surface area contributed by atoms with Crippen LogP contribution in [0.1, 0.15) is 16.1 Å². The number of nitrogens with one attached hydrogen (secondary N) is 1. The third-order valence-corrected chi connectivity index (χ3v) is 2.59. The molecule has 0 atom stereocenters. The summed E-state index contributed by atoms with van der Waals surface area (Å²) in [6, 6.07) is 10.7. The van der Waals surface area contributed by atoms with Gasteiger partial charge >= 0.3 is 5.97 Å². The number of hydrogen-bond donors (Lipinski definition) is 2. The van der Waals surface area contributed by atoms with E-state index < -0.39 is 10.9 Å². The van der Waals surface area contributed by atoms with Crippen molar-refractivity contribution in [1.82, 2.24) is 4.98 Å². The smallest absolute Gasteiger partial charge is 0.354 e. The molecule has 0 aliphatic carbocycles. The molecular weight excluding hydrogens is 262 g/mol. The summed E-state index contributed by atoms with van der Waals surface area (Å²) >= 11 is 0. The first-order chi connectivity index (χ1) is 9.56. The number of nitro groups is 1. The second kappa shape index (κ2) is 5.79. The van der Waals surface area contributed by atoms with Crippen molar-refractivity contribution in [2.75, 3.05) is 5.32 Å². The number of aromatic carboxylic acids is 1. The Morgan fingerprint density at radius 2 is 1.95 bits per heavy atom. The number of non-ortho nitro benzene ring substituents is 1. The molecule has 0 spiro atoms. The highest BCUT2D eigenvalue weighted by atomic mass is 16.6. The topological polar surface area (TPSA) is 105 Å². The number of carboxylic acid groups (broad SMARTS) is 1. The Morgan fingerprint density at radius 1 is 1.25 bits per heavy atom. The Bertz CT molecular complexity index is 640. The van der Waals surface area contributed by atoms with E-state index in [9.17, 15) is 14.9 Å². The molecule has 0 fully saturated rings. The van der Waals surface area contributed by atoms with E-state index in [2.05, 4.69) is 10.3 Å². The van der Waals surface area contributed by atoms with Gasteiger partial charge in [0.05, 0.1) is 4.92 Å². The quantitative estimate of drug-likeness (QED) is 0.639. The molecule has 1 aromatic carbocycles. The highest BCUT2D eigenvalue weighted by Crippen LogP contribution is 2.13. The molecule has 0 bridgehead atoms. The van der Waals surface area contributed by atoms with E-state index in [0.29, 0.717) is 12.4 Å². The molecule has 2 rings (SSSR count). The zero-order chi connectivity index (χ0) is 14.5. The average molecular weight is 273 g/mol. The monoisotopic (exact) mass is 273 g/mol. The number of carboxylic acids is 1. The van der Waals surface area contributed by atoms with Gasteiger partial charge in [-0.2, -0.15) is 0 Å². The molecule has 0 aliphatic rings. The molecule has 0 aliphatic heterocycles. The lowest BCUT2D eigenvalue weighted by Gasteiger charge is -2.06. The van der Waals surface area contributed by atoms with Crippen LogP contribution in [-0.4, -0.2) is 21.0 Å². The number of carbonyl (C=O) groups is 1. The maximum Gasteiger partial charge on any atom is 0.354 e. The van der Waals surface area contributed by atoms with Crippen molar-refractivity contribution in [2.24, 2.45) is 0 Å². The molecule has 0 radical (unpaired) electrons. The number of nitro benzene ring substituents is 1. The fourth-order valence-electron chi connectivity index (χ4n) is 1.58. The van der Waals surface area contributed by atoms with Gasteiger partial charge in [-0.1, -0.05) is 18.2 Å². The summed E-state index contributed by atoms with van der Waals surface area (Å²) in [5.41, 5.74) is 0.816. The summed E-state index contributed by atoms with van der Waals surface area (Å²) in [4.78, 5) is 24.7. The molecule has 1 aromatic heterocycles. The number of aromatic nitrogens is 1. The Kier molecular flexibility index (Phi) is 3.90. The maximum absolute atomic E-state index is 10.8. The lowest BCUT2D eigenvalue weighted by molar-refractivity contribution is -0.384. The molecule has 0 saturated carbocycles. The van der Waals surface area contributed by atoms with Crippen LogP contribution in [0, 0.1) is 10.1 Å². The summed E-state index contributed by atoms with van der Waals surface area (Å²) in [6.45, 7) is 0.397. The van der Waals surface area contributed by atoms with Gasteiger partial charge in [0.2, 0.25) is 0 Å². The van der Waals surface area contributed by atoms with Crippen LogP contribution >= 0.6 is 0 Å². The largest absolute Gasteiger partial charge is 0.477 e. The normalized spacial score (nSPS) is 10.0. The van der Waals surface area contributed by atoms with Crippen molar-refractivity contribution in [3.8, 4) is 0 Å². The standard InChI is InChI=1S/C13H11N3O4/c17-13(18)11-2-1-3-12(15-11)14-8-9-4-6-10(7-5-9)16(19)20/h1-7H,8H2,(H,14,15)(H,17,18). The highest BCUT2D eigenvalue weighted by molar-refractivity contribution is 5.85. The van der Waals surface area contributed by atoms with E-state index in [1.807, 2.05) is 0 Å². The van der Waals surface area contributed by atoms with Crippen molar-refractivity contribution >= 4 is 17.5 Å². The molecule has 7 heteroatoms. The first-order valence-electron chi connectivity index (χ1n) is 5.74. The van der Waals surface area contributed by atoms with E-state index in [4.69, 9.17) is 5.11 Å². The van der Waals surface area contributed by atoms with E-state index in [0.717, 1.165) is 5.56 Å². The fraction of sp³-hybridized carbons (Fsp3) is 0.0769. The van der Waals surface area contributed by atoms with Crippen LogP contribution in [-0.2, 0) is 6.54 Å².